The fraction of sp³-hybridized carbons (Fsp3) is 0. The van der Waals surface area contributed by atoms with Gasteiger partial charge in [-0.3, -0.25) is 0 Å². The minimum atomic E-state index is 0.591. The summed E-state index contributed by atoms with van der Waals surface area (Å²) in [6.45, 7) is 0. The predicted octanol–water partition coefficient (Wildman–Crippen LogP) is 16.5. The number of fused-ring (bicyclic) bond motifs is 6. The van der Waals surface area contributed by atoms with E-state index < -0.39 is 0 Å². The van der Waals surface area contributed by atoms with Crippen molar-refractivity contribution in [2.75, 3.05) is 0 Å². The highest BCUT2D eigenvalue weighted by atomic mass is 16.3. The van der Waals surface area contributed by atoms with Crippen LogP contribution in [-0.2, 0) is 0 Å². The molecule has 0 unspecified atom stereocenters. The van der Waals surface area contributed by atoms with Crippen molar-refractivity contribution in [3.8, 4) is 84.4 Å². The average Bonchev–Trinajstić information content (AvgIpc) is 3.95. The van der Waals surface area contributed by atoms with Crippen molar-refractivity contribution in [3.05, 3.63) is 243 Å². The molecule has 10 aromatic carbocycles. The van der Waals surface area contributed by atoms with E-state index in [1.807, 2.05) is 18.2 Å². The van der Waals surface area contributed by atoms with Crippen LogP contribution < -0.4 is 0 Å². The molecule has 13 aromatic rings. The Morgan fingerprint density at radius 3 is 1.24 bits per heavy atom. The zero-order chi connectivity index (χ0) is 45.0. The molecule has 0 amide bonds. The van der Waals surface area contributed by atoms with Gasteiger partial charge in [-0.15, -0.1) is 0 Å². The molecule has 68 heavy (non-hydrogen) atoms. The normalized spacial score (nSPS) is 11.5. The van der Waals surface area contributed by atoms with Crippen molar-refractivity contribution >= 4 is 43.7 Å². The Labute approximate surface area is 392 Å². The van der Waals surface area contributed by atoms with E-state index in [4.69, 9.17) is 19.4 Å². The third kappa shape index (κ3) is 7.02. The SMILES string of the molecule is c1ccc(-c2ccc(-c3cccc(-n4c5ccccc5c5cc6c(cc54)oc4ccc(-c5nc(-c7ccc(-c8ccccc8)cc7)nc(-c7ccc(-c8ccccc8)cc7)n5)cc46)c3)cc2)cc1. The van der Waals surface area contributed by atoms with Gasteiger partial charge in [0.05, 0.1) is 11.0 Å². The van der Waals surface area contributed by atoms with E-state index in [9.17, 15) is 0 Å². The molecule has 0 spiro atoms. The lowest BCUT2D eigenvalue weighted by Crippen LogP contribution is -2.00. The van der Waals surface area contributed by atoms with Crippen molar-refractivity contribution < 1.29 is 4.42 Å². The fourth-order valence-electron chi connectivity index (χ4n) is 9.61. The van der Waals surface area contributed by atoms with Gasteiger partial charge in [0.15, 0.2) is 17.5 Å². The van der Waals surface area contributed by atoms with E-state index in [0.717, 1.165) is 88.6 Å². The molecule has 13 rings (SSSR count). The smallest absolute Gasteiger partial charge is 0.164 e. The predicted molar refractivity (Wildman–Crippen MR) is 279 cm³/mol. The standard InChI is InChI=1S/C63H40N4O/c1-4-13-41(14-5-1)44-23-25-47(26-24-44)50-19-12-20-52(37-50)67-57-22-11-10-21-53(57)54-39-56-55-38-51(35-36-59(55)68-60(56)40-58(54)67)63-65-61(48-31-27-45(28-32-48)42-15-6-2-7-16-42)64-62(66-63)49-33-29-46(30-34-49)43-17-8-3-9-18-43/h1-40H. The minimum absolute atomic E-state index is 0.591. The van der Waals surface area contributed by atoms with Gasteiger partial charge in [0.1, 0.15) is 11.2 Å². The molecule has 5 nitrogen and oxygen atoms in total. The molecule has 5 heteroatoms. The molecule has 0 atom stereocenters. The topological polar surface area (TPSA) is 56.7 Å². The minimum Gasteiger partial charge on any atom is -0.456 e. The van der Waals surface area contributed by atoms with E-state index in [1.165, 1.54) is 22.1 Å². The zero-order valence-electron chi connectivity index (χ0n) is 36.8. The van der Waals surface area contributed by atoms with Gasteiger partial charge in [-0.1, -0.05) is 194 Å². The van der Waals surface area contributed by atoms with Gasteiger partial charge < -0.3 is 8.98 Å². The Bertz CT molecular complexity index is 3870. The second kappa shape index (κ2) is 16.4. The van der Waals surface area contributed by atoms with Crippen LogP contribution in [0.4, 0.5) is 0 Å². The van der Waals surface area contributed by atoms with Crippen LogP contribution in [0.15, 0.2) is 247 Å². The molecular formula is C63H40N4O. The van der Waals surface area contributed by atoms with Crippen LogP contribution in [0.1, 0.15) is 0 Å². The van der Waals surface area contributed by atoms with Gasteiger partial charge in [-0.2, -0.15) is 0 Å². The van der Waals surface area contributed by atoms with Crippen LogP contribution >= 0.6 is 0 Å². The lowest BCUT2D eigenvalue weighted by atomic mass is 10.00. The maximum Gasteiger partial charge on any atom is 0.164 e. The van der Waals surface area contributed by atoms with Crippen molar-refractivity contribution in [2.45, 2.75) is 0 Å². The molecule has 0 bridgehead atoms. The van der Waals surface area contributed by atoms with Crippen molar-refractivity contribution in [3.63, 3.8) is 0 Å². The number of nitrogens with zero attached hydrogens (tertiary/aromatic N) is 4. The van der Waals surface area contributed by atoms with E-state index in [0.29, 0.717) is 17.5 Å². The Morgan fingerprint density at radius 1 is 0.250 bits per heavy atom. The quantitative estimate of drug-likeness (QED) is 0.153. The highest BCUT2D eigenvalue weighted by molar-refractivity contribution is 6.17. The first-order valence-corrected chi connectivity index (χ1v) is 22.9. The van der Waals surface area contributed by atoms with E-state index >= 15 is 0 Å². The maximum atomic E-state index is 6.69. The number of furan rings is 1. The summed E-state index contributed by atoms with van der Waals surface area (Å²) in [5.74, 6) is 1.81. The van der Waals surface area contributed by atoms with E-state index in [-0.39, 0.29) is 0 Å². The van der Waals surface area contributed by atoms with Gasteiger partial charge in [0.25, 0.3) is 0 Å². The first-order valence-electron chi connectivity index (χ1n) is 22.9. The Kier molecular flexibility index (Phi) is 9.43. The third-order valence-electron chi connectivity index (χ3n) is 13.1. The van der Waals surface area contributed by atoms with Crippen LogP contribution in [0.5, 0.6) is 0 Å². The summed E-state index contributed by atoms with van der Waals surface area (Å²) in [7, 11) is 0. The molecule has 3 aromatic heterocycles. The number of para-hydroxylation sites is 1. The van der Waals surface area contributed by atoms with Gasteiger partial charge in [-0.25, -0.2) is 15.0 Å². The molecule has 0 saturated heterocycles. The summed E-state index contributed by atoms with van der Waals surface area (Å²) in [4.78, 5) is 15.4. The molecular weight excluding hydrogens is 829 g/mol. The molecule has 0 saturated carbocycles. The van der Waals surface area contributed by atoms with Crippen LogP contribution in [0.3, 0.4) is 0 Å². The second-order valence-electron chi connectivity index (χ2n) is 17.2. The highest BCUT2D eigenvalue weighted by Gasteiger charge is 2.19. The summed E-state index contributed by atoms with van der Waals surface area (Å²) in [5.41, 5.74) is 16.9. The Hall–Kier alpha value is -9.19. The summed E-state index contributed by atoms with van der Waals surface area (Å²) in [6.07, 6.45) is 0. The van der Waals surface area contributed by atoms with Crippen LogP contribution in [-0.4, -0.2) is 19.5 Å². The largest absolute Gasteiger partial charge is 0.456 e. The van der Waals surface area contributed by atoms with Gasteiger partial charge in [-0.05, 0) is 87.0 Å². The summed E-state index contributed by atoms with van der Waals surface area (Å²) in [6, 6.07) is 85.3. The number of hydrogen-bond donors (Lipinski definition) is 0. The third-order valence-corrected chi connectivity index (χ3v) is 13.1. The zero-order valence-corrected chi connectivity index (χ0v) is 36.8. The molecule has 3 heterocycles. The number of hydrogen-bond acceptors (Lipinski definition) is 4. The molecule has 318 valence electrons. The van der Waals surface area contributed by atoms with E-state index in [2.05, 4.69) is 229 Å². The molecule has 0 fully saturated rings. The van der Waals surface area contributed by atoms with Crippen molar-refractivity contribution in [1.29, 1.82) is 0 Å². The van der Waals surface area contributed by atoms with Gasteiger partial charge in [0, 0.05) is 50.0 Å². The average molecular weight is 869 g/mol. The Balaban J connectivity index is 0.913. The summed E-state index contributed by atoms with van der Waals surface area (Å²) >= 11 is 0. The number of rotatable bonds is 8. The Morgan fingerprint density at radius 2 is 0.676 bits per heavy atom. The molecule has 0 N–H and O–H groups in total. The number of benzene rings is 10. The first-order chi connectivity index (χ1) is 33.7. The fourth-order valence-corrected chi connectivity index (χ4v) is 9.61. The summed E-state index contributed by atoms with van der Waals surface area (Å²) < 4.78 is 9.05. The monoisotopic (exact) mass is 868 g/mol. The molecule has 0 radical (unpaired) electrons. The van der Waals surface area contributed by atoms with Crippen molar-refractivity contribution in [2.24, 2.45) is 0 Å². The molecule has 0 aliphatic heterocycles. The first kappa shape index (κ1) is 39.2. The van der Waals surface area contributed by atoms with Gasteiger partial charge in [0.2, 0.25) is 0 Å². The van der Waals surface area contributed by atoms with Crippen LogP contribution in [0.25, 0.3) is 128 Å². The van der Waals surface area contributed by atoms with Crippen molar-refractivity contribution in [1.82, 2.24) is 19.5 Å². The molecule has 0 aliphatic rings. The highest BCUT2D eigenvalue weighted by Crippen LogP contribution is 2.40. The van der Waals surface area contributed by atoms with Gasteiger partial charge >= 0.3 is 0 Å². The van der Waals surface area contributed by atoms with E-state index in [1.54, 1.807) is 0 Å². The molecule has 0 aliphatic carbocycles. The van der Waals surface area contributed by atoms with Crippen LogP contribution in [0, 0.1) is 0 Å². The lowest BCUT2D eigenvalue weighted by molar-refractivity contribution is 0.669. The second-order valence-corrected chi connectivity index (χ2v) is 17.2. The lowest BCUT2D eigenvalue weighted by Gasteiger charge is -2.11. The van der Waals surface area contributed by atoms with Crippen LogP contribution in [0.2, 0.25) is 0 Å². The maximum absolute atomic E-state index is 6.69. The number of aromatic nitrogens is 4. The summed E-state index contributed by atoms with van der Waals surface area (Å²) in [5, 5.41) is 4.37.